The fourth-order valence-electron chi connectivity index (χ4n) is 2.54. The molecule has 7 nitrogen and oxygen atoms in total. The molecule has 24 heavy (non-hydrogen) atoms. The summed E-state index contributed by atoms with van der Waals surface area (Å²) in [6, 6.07) is 7.08. The Morgan fingerprint density at radius 2 is 2.25 bits per heavy atom. The molecule has 0 aliphatic heterocycles. The van der Waals surface area contributed by atoms with Gasteiger partial charge in [-0.05, 0) is 24.6 Å². The molecule has 0 spiro atoms. The molecule has 3 rings (SSSR count). The second-order valence-electron chi connectivity index (χ2n) is 5.52. The smallest absolute Gasteiger partial charge is 0.247 e. The molecule has 0 aliphatic rings. The first kappa shape index (κ1) is 15.9. The van der Waals surface area contributed by atoms with Gasteiger partial charge in [-0.3, -0.25) is 14.5 Å². The van der Waals surface area contributed by atoms with Crippen LogP contribution in [0.15, 0.2) is 53.6 Å². The Kier molecular flexibility index (Phi) is 4.69. The molecule has 0 unspecified atom stereocenters. The molecule has 1 atom stereocenters. The first-order valence-electron chi connectivity index (χ1n) is 7.79. The third kappa shape index (κ3) is 3.34. The van der Waals surface area contributed by atoms with E-state index in [1.54, 1.807) is 41.4 Å². The van der Waals surface area contributed by atoms with E-state index in [0.717, 1.165) is 5.56 Å². The maximum Gasteiger partial charge on any atom is 0.247 e. The molecule has 7 heteroatoms. The van der Waals surface area contributed by atoms with E-state index < -0.39 is 0 Å². The largest absolute Gasteiger partial charge is 0.359 e. The Morgan fingerprint density at radius 3 is 2.92 bits per heavy atom. The van der Waals surface area contributed by atoms with Crippen LogP contribution < -0.4 is 0 Å². The van der Waals surface area contributed by atoms with Crippen molar-refractivity contribution in [1.82, 2.24) is 24.8 Å². The summed E-state index contributed by atoms with van der Waals surface area (Å²) in [6.07, 6.45) is 7.57. The van der Waals surface area contributed by atoms with Crippen LogP contribution in [0.2, 0.25) is 0 Å². The van der Waals surface area contributed by atoms with E-state index in [4.69, 9.17) is 4.52 Å². The van der Waals surface area contributed by atoms with Gasteiger partial charge in [-0.15, -0.1) is 0 Å². The highest BCUT2D eigenvalue weighted by molar-refractivity contribution is 5.80. The zero-order valence-corrected chi connectivity index (χ0v) is 13.7. The zero-order chi connectivity index (χ0) is 16.9. The van der Waals surface area contributed by atoms with E-state index in [2.05, 4.69) is 15.2 Å². The topological polar surface area (TPSA) is 77.0 Å². The number of carbonyl (C=O) groups excluding carboxylic acids is 1. The second-order valence-corrected chi connectivity index (χ2v) is 5.52. The van der Waals surface area contributed by atoms with E-state index in [-0.39, 0.29) is 11.9 Å². The Bertz CT molecular complexity index is 782. The Hall–Kier alpha value is -2.96. The van der Waals surface area contributed by atoms with Crippen LogP contribution in [0.1, 0.15) is 25.1 Å². The molecule has 0 saturated heterocycles. The van der Waals surface area contributed by atoms with E-state index in [9.17, 15) is 4.79 Å². The Labute approximate surface area is 139 Å². The summed E-state index contributed by atoms with van der Waals surface area (Å²) in [5.41, 5.74) is 1.59. The van der Waals surface area contributed by atoms with Crippen LogP contribution in [0.5, 0.6) is 0 Å². The van der Waals surface area contributed by atoms with Crippen LogP contribution in [-0.2, 0) is 11.3 Å². The molecule has 3 aromatic rings. The van der Waals surface area contributed by atoms with Crippen LogP contribution in [-0.4, -0.2) is 37.8 Å². The first-order chi connectivity index (χ1) is 11.7. The minimum Gasteiger partial charge on any atom is -0.359 e. The number of rotatable bonds is 6. The van der Waals surface area contributed by atoms with Gasteiger partial charge in [-0.25, -0.2) is 0 Å². The van der Waals surface area contributed by atoms with Crippen molar-refractivity contribution in [3.8, 4) is 11.3 Å². The average molecular weight is 325 g/mol. The van der Waals surface area contributed by atoms with Crippen LogP contribution in [0.4, 0.5) is 0 Å². The van der Waals surface area contributed by atoms with Crippen molar-refractivity contribution in [2.45, 2.75) is 25.9 Å². The zero-order valence-electron chi connectivity index (χ0n) is 13.7. The SMILES string of the molecule is CC[C@@H](C(=O)N(C)Cc1cc(-c2cccnc2)no1)n1cccn1. The van der Waals surface area contributed by atoms with Crippen LogP contribution in [0.25, 0.3) is 11.3 Å². The van der Waals surface area contributed by atoms with Gasteiger partial charge in [0.2, 0.25) is 5.91 Å². The summed E-state index contributed by atoms with van der Waals surface area (Å²) in [5, 5.41) is 8.21. The van der Waals surface area contributed by atoms with Gasteiger partial charge in [0.1, 0.15) is 11.7 Å². The molecular formula is C17H19N5O2. The number of nitrogens with zero attached hydrogens (tertiary/aromatic N) is 5. The molecule has 3 aromatic heterocycles. The predicted molar refractivity (Wildman–Crippen MR) is 87.8 cm³/mol. The van der Waals surface area contributed by atoms with Crippen molar-refractivity contribution in [1.29, 1.82) is 0 Å². The maximum absolute atomic E-state index is 12.6. The van der Waals surface area contributed by atoms with Crippen molar-refractivity contribution in [2.24, 2.45) is 0 Å². The van der Waals surface area contributed by atoms with E-state index in [1.165, 1.54) is 0 Å². The molecule has 0 saturated carbocycles. The average Bonchev–Trinajstić information content (AvgIpc) is 3.28. The summed E-state index contributed by atoms with van der Waals surface area (Å²) >= 11 is 0. The highest BCUT2D eigenvalue weighted by atomic mass is 16.5. The van der Waals surface area contributed by atoms with Gasteiger partial charge in [-0.2, -0.15) is 5.10 Å². The van der Waals surface area contributed by atoms with Crippen molar-refractivity contribution < 1.29 is 9.32 Å². The van der Waals surface area contributed by atoms with E-state index in [1.807, 2.05) is 31.2 Å². The number of hydrogen-bond acceptors (Lipinski definition) is 5. The van der Waals surface area contributed by atoms with Gasteiger partial charge >= 0.3 is 0 Å². The standard InChI is InChI=1S/C17H19N5O2/c1-3-16(22-9-5-8-19-22)17(23)21(2)12-14-10-15(20-24-14)13-6-4-7-18-11-13/h4-11,16H,3,12H2,1-2H3/t16-/m0/s1. The van der Waals surface area contributed by atoms with Gasteiger partial charge in [0.15, 0.2) is 5.76 Å². The van der Waals surface area contributed by atoms with Crippen molar-refractivity contribution in [3.05, 3.63) is 54.8 Å². The molecule has 0 aromatic carbocycles. The summed E-state index contributed by atoms with van der Waals surface area (Å²) in [6.45, 7) is 2.32. The predicted octanol–water partition coefficient (Wildman–Crippen LogP) is 2.54. The molecule has 124 valence electrons. The quantitative estimate of drug-likeness (QED) is 0.696. The van der Waals surface area contributed by atoms with Gasteiger partial charge in [0.25, 0.3) is 0 Å². The van der Waals surface area contributed by atoms with Crippen molar-refractivity contribution in [2.75, 3.05) is 7.05 Å². The summed E-state index contributed by atoms with van der Waals surface area (Å²) in [4.78, 5) is 18.3. The highest BCUT2D eigenvalue weighted by Crippen LogP contribution is 2.20. The molecular weight excluding hydrogens is 306 g/mol. The minimum absolute atomic E-state index is 0.0134. The number of aromatic nitrogens is 4. The lowest BCUT2D eigenvalue weighted by atomic mass is 10.2. The van der Waals surface area contributed by atoms with Crippen LogP contribution in [0, 0.1) is 0 Å². The van der Waals surface area contributed by atoms with Crippen molar-refractivity contribution in [3.63, 3.8) is 0 Å². The fourth-order valence-corrected chi connectivity index (χ4v) is 2.54. The third-order valence-corrected chi connectivity index (χ3v) is 3.80. The van der Waals surface area contributed by atoms with E-state index in [0.29, 0.717) is 24.4 Å². The summed E-state index contributed by atoms with van der Waals surface area (Å²) < 4.78 is 7.03. The lowest BCUT2D eigenvalue weighted by Gasteiger charge is -2.22. The number of likely N-dealkylation sites (N-methyl/N-ethyl adjacent to an activating group) is 1. The molecule has 0 N–H and O–H groups in total. The lowest BCUT2D eigenvalue weighted by molar-refractivity contribution is -0.134. The lowest BCUT2D eigenvalue weighted by Crippen LogP contribution is -2.34. The molecule has 0 bridgehead atoms. The highest BCUT2D eigenvalue weighted by Gasteiger charge is 2.23. The summed E-state index contributed by atoms with van der Waals surface area (Å²) in [5.74, 6) is 0.612. The van der Waals surface area contributed by atoms with Gasteiger partial charge in [-0.1, -0.05) is 12.1 Å². The third-order valence-electron chi connectivity index (χ3n) is 3.80. The van der Waals surface area contributed by atoms with Gasteiger partial charge in [0, 0.05) is 43.5 Å². The van der Waals surface area contributed by atoms with Gasteiger partial charge < -0.3 is 9.42 Å². The molecule has 0 fully saturated rings. The maximum atomic E-state index is 12.6. The molecule has 3 heterocycles. The van der Waals surface area contributed by atoms with E-state index >= 15 is 0 Å². The number of carbonyl (C=O) groups is 1. The first-order valence-corrected chi connectivity index (χ1v) is 7.79. The van der Waals surface area contributed by atoms with Crippen LogP contribution >= 0.6 is 0 Å². The van der Waals surface area contributed by atoms with Crippen molar-refractivity contribution >= 4 is 5.91 Å². The Balaban J connectivity index is 1.69. The summed E-state index contributed by atoms with van der Waals surface area (Å²) in [7, 11) is 1.75. The normalized spacial score (nSPS) is 12.1. The number of hydrogen-bond donors (Lipinski definition) is 0. The minimum atomic E-state index is -0.314. The molecule has 0 aliphatic carbocycles. The monoisotopic (exact) mass is 325 g/mol. The number of pyridine rings is 1. The second kappa shape index (κ2) is 7.08. The molecule has 0 radical (unpaired) electrons. The van der Waals surface area contributed by atoms with Gasteiger partial charge in [0.05, 0.1) is 6.54 Å². The molecule has 1 amide bonds. The van der Waals surface area contributed by atoms with Crippen LogP contribution in [0.3, 0.4) is 0 Å². The number of amides is 1. The Morgan fingerprint density at radius 1 is 1.38 bits per heavy atom. The fraction of sp³-hybridized carbons (Fsp3) is 0.294.